The molecule has 1 atom stereocenters. The number of amides is 1. The molecule has 0 spiro atoms. The SMILES string of the molecule is C=CC1=CC(O[Si](c2ccccc2)(c2ccccc2)C(C)(C)C)CN(C(=O)OC(C)(C)C)C1. The molecule has 1 heterocycles. The van der Waals surface area contributed by atoms with Gasteiger partial charge in [-0.2, -0.15) is 0 Å². The Morgan fingerprint density at radius 2 is 1.48 bits per heavy atom. The first-order chi connectivity index (χ1) is 15.5. The van der Waals surface area contributed by atoms with Crippen LogP contribution in [0.2, 0.25) is 5.04 Å². The molecule has 0 aromatic heterocycles. The average molecular weight is 464 g/mol. The van der Waals surface area contributed by atoms with E-state index in [4.69, 9.17) is 9.16 Å². The van der Waals surface area contributed by atoms with E-state index >= 15 is 0 Å². The molecule has 1 unspecified atom stereocenters. The van der Waals surface area contributed by atoms with Gasteiger partial charge in [0.1, 0.15) is 5.60 Å². The van der Waals surface area contributed by atoms with Gasteiger partial charge in [0.25, 0.3) is 8.32 Å². The van der Waals surface area contributed by atoms with Crippen LogP contribution in [0.1, 0.15) is 41.5 Å². The number of nitrogens with zero attached hydrogens (tertiary/aromatic N) is 1. The Morgan fingerprint density at radius 3 is 1.91 bits per heavy atom. The zero-order valence-electron chi connectivity index (χ0n) is 20.8. The van der Waals surface area contributed by atoms with Crippen molar-refractivity contribution in [2.24, 2.45) is 0 Å². The van der Waals surface area contributed by atoms with Crippen LogP contribution in [-0.2, 0) is 9.16 Å². The van der Waals surface area contributed by atoms with Crippen LogP contribution in [0.4, 0.5) is 4.79 Å². The standard InChI is InChI=1S/C28H37NO3Si/c1-8-22-19-23(21-29(20-22)26(30)31-27(2,3)4)32-33(28(5,6)7,24-15-11-9-12-16-24)25-17-13-10-14-18-25/h8-19,23H,1,20-21H2,2-7H3. The number of benzene rings is 2. The highest BCUT2D eigenvalue weighted by Crippen LogP contribution is 2.38. The zero-order valence-corrected chi connectivity index (χ0v) is 21.8. The van der Waals surface area contributed by atoms with Crippen LogP contribution in [0, 0.1) is 0 Å². The van der Waals surface area contributed by atoms with Crippen molar-refractivity contribution in [3.05, 3.63) is 85.0 Å². The fourth-order valence-corrected chi connectivity index (χ4v) is 9.05. The summed E-state index contributed by atoms with van der Waals surface area (Å²) in [7, 11) is -2.75. The molecule has 176 valence electrons. The first-order valence-corrected chi connectivity index (χ1v) is 13.5. The number of hydrogen-bond donors (Lipinski definition) is 0. The smallest absolute Gasteiger partial charge is 0.410 e. The van der Waals surface area contributed by atoms with Crippen LogP contribution >= 0.6 is 0 Å². The lowest BCUT2D eigenvalue weighted by Gasteiger charge is -2.46. The Balaban J connectivity index is 2.07. The van der Waals surface area contributed by atoms with Gasteiger partial charge in [-0.15, -0.1) is 0 Å². The maximum absolute atomic E-state index is 12.9. The Hall–Kier alpha value is -2.63. The van der Waals surface area contributed by atoms with E-state index in [1.807, 2.05) is 32.9 Å². The molecule has 0 aliphatic carbocycles. The van der Waals surface area contributed by atoms with Crippen molar-refractivity contribution in [3.63, 3.8) is 0 Å². The molecule has 0 bridgehead atoms. The van der Waals surface area contributed by atoms with Crippen LogP contribution in [0.25, 0.3) is 0 Å². The molecule has 5 heteroatoms. The van der Waals surface area contributed by atoms with Crippen molar-refractivity contribution in [1.82, 2.24) is 4.90 Å². The van der Waals surface area contributed by atoms with E-state index in [9.17, 15) is 4.79 Å². The molecule has 4 nitrogen and oxygen atoms in total. The van der Waals surface area contributed by atoms with Gasteiger partial charge in [0.15, 0.2) is 0 Å². The lowest BCUT2D eigenvalue weighted by molar-refractivity contribution is 0.0194. The monoisotopic (exact) mass is 463 g/mol. The average Bonchev–Trinajstić information content (AvgIpc) is 2.76. The normalized spacial score (nSPS) is 17.3. The van der Waals surface area contributed by atoms with Gasteiger partial charge in [-0.25, -0.2) is 4.79 Å². The summed E-state index contributed by atoms with van der Waals surface area (Å²) in [5, 5.41) is 2.28. The summed E-state index contributed by atoms with van der Waals surface area (Å²) < 4.78 is 12.9. The summed E-state index contributed by atoms with van der Waals surface area (Å²) in [6.07, 6.45) is 3.32. The maximum atomic E-state index is 12.9. The number of ether oxygens (including phenoxy) is 1. The van der Waals surface area contributed by atoms with Gasteiger partial charge in [-0.1, -0.05) is 100 Å². The van der Waals surface area contributed by atoms with Gasteiger partial charge in [-0.05, 0) is 41.8 Å². The first kappa shape index (κ1) is 25.0. The summed E-state index contributed by atoms with van der Waals surface area (Å²) in [6, 6.07) is 21.1. The van der Waals surface area contributed by atoms with Crippen LogP contribution in [0.15, 0.2) is 85.0 Å². The molecule has 1 amide bonds. The molecule has 0 saturated heterocycles. The van der Waals surface area contributed by atoms with Crippen molar-refractivity contribution < 1.29 is 14.0 Å². The second kappa shape index (κ2) is 9.70. The highest BCUT2D eigenvalue weighted by atomic mass is 28.4. The molecule has 0 saturated carbocycles. The minimum Gasteiger partial charge on any atom is -0.444 e. The van der Waals surface area contributed by atoms with Crippen LogP contribution in [0.5, 0.6) is 0 Å². The van der Waals surface area contributed by atoms with Crippen LogP contribution < -0.4 is 10.4 Å². The first-order valence-electron chi connectivity index (χ1n) is 11.6. The molecular formula is C28H37NO3Si. The predicted molar refractivity (Wildman–Crippen MR) is 139 cm³/mol. The van der Waals surface area contributed by atoms with E-state index in [2.05, 4.69) is 82.0 Å². The van der Waals surface area contributed by atoms with Crippen LogP contribution in [0.3, 0.4) is 0 Å². The van der Waals surface area contributed by atoms with E-state index in [0.717, 1.165) is 5.57 Å². The van der Waals surface area contributed by atoms with Gasteiger partial charge in [0.2, 0.25) is 0 Å². The Bertz CT molecular complexity index is 948. The highest BCUT2D eigenvalue weighted by molar-refractivity contribution is 6.99. The number of rotatable bonds is 5. The summed E-state index contributed by atoms with van der Waals surface area (Å²) in [6.45, 7) is 17.3. The molecule has 33 heavy (non-hydrogen) atoms. The summed E-state index contributed by atoms with van der Waals surface area (Å²) in [5.41, 5.74) is 0.413. The highest BCUT2D eigenvalue weighted by Gasteiger charge is 2.51. The Morgan fingerprint density at radius 1 is 0.970 bits per heavy atom. The molecule has 1 aliphatic rings. The quantitative estimate of drug-likeness (QED) is 0.565. The Labute approximate surface area is 200 Å². The number of carbonyl (C=O) groups excluding carboxylic acids is 1. The summed E-state index contributed by atoms with van der Waals surface area (Å²) >= 11 is 0. The van der Waals surface area contributed by atoms with Gasteiger partial charge in [0, 0.05) is 6.54 Å². The van der Waals surface area contributed by atoms with Crippen molar-refractivity contribution in [1.29, 1.82) is 0 Å². The van der Waals surface area contributed by atoms with E-state index in [1.165, 1.54) is 10.4 Å². The number of carbonyl (C=O) groups is 1. The van der Waals surface area contributed by atoms with Crippen molar-refractivity contribution >= 4 is 24.8 Å². The van der Waals surface area contributed by atoms with Crippen molar-refractivity contribution in [3.8, 4) is 0 Å². The fourth-order valence-electron chi connectivity index (χ4n) is 4.43. The second-order valence-corrected chi connectivity index (χ2v) is 14.9. The Kier molecular flexibility index (Phi) is 7.35. The third kappa shape index (κ3) is 5.65. The molecule has 2 aromatic rings. The topological polar surface area (TPSA) is 38.8 Å². The second-order valence-electron chi connectivity index (χ2n) is 10.6. The van der Waals surface area contributed by atoms with E-state index in [-0.39, 0.29) is 17.2 Å². The van der Waals surface area contributed by atoms with E-state index < -0.39 is 13.9 Å². The van der Waals surface area contributed by atoms with Gasteiger partial charge in [-0.3, -0.25) is 0 Å². The predicted octanol–water partition coefficient (Wildman–Crippen LogP) is 5.29. The molecule has 0 N–H and O–H groups in total. The molecule has 3 rings (SSSR count). The summed E-state index contributed by atoms with van der Waals surface area (Å²) in [4.78, 5) is 14.6. The molecule has 0 radical (unpaired) electrons. The molecule has 1 aliphatic heterocycles. The minimum absolute atomic E-state index is 0.147. The fraction of sp³-hybridized carbons (Fsp3) is 0.393. The molecule has 2 aromatic carbocycles. The lowest BCUT2D eigenvalue weighted by atomic mass is 10.1. The summed E-state index contributed by atoms with van der Waals surface area (Å²) in [5.74, 6) is 0. The van der Waals surface area contributed by atoms with Crippen molar-refractivity contribution in [2.45, 2.75) is 58.3 Å². The van der Waals surface area contributed by atoms with E-state index in [1.54, 1.807) is 11.0 Å². The zero-order chi connectivity index (χ0) is 24.3. The van der Waals surface area contributed by atoms with Crippen molar-refractivity contribution in [2.75, 3.05) is 13.1 Å². The van der Waals surface area contributed by atoms with E-state index in [0.29, 0.717) is 13.1 Å². The molecule has 0 fully saturated rings. The van der Waals surface area contributed by atoms with Crippen LogP contribution in [-0.4, -0.2) is 44.1 Å². The lowest BCUT2D eigenvalue weighted by Crippen LogP contribution is -2.68. The largest absolute Gasteiger partial charge is 0.444 e. The maximum Gasteiger partial charge on any atom is 0.410 e. The molecular weight excluding hydrogens is 426 g/mol. The number of hydrogen-bond acceptors (Lipinski definition) is 3. The third-order valence-corrected chi connectivity index (χ3v) is 10.9. The van der Waals surface area contributed by atoms with Gasteiger partial charge in [0.05, 0.1) is 12.6 Å². The third-order valence-electron chi connectivity index (χ3n) is 5.83. The minimum atomic E-state index is -2.75. The van der Waals surface area contributed by atoms with Gasteiger partial charge < -0.3 is 14.1 Å². The van der Waals surface area contributed by atoms with Gasteiger partial charge >= 0.3 is 6.09 Å².